The second kappa shape index (κ2) is 3.93. The second-order valence-electron chi connectivity index (χ2n) is 3.86. The van der Waals surface area contributed by atoms with E-state index in [9.17, 15) is 4.39 Å². The van der Waals surface area contributed by atoms with Gasteiger partial charge in [-0.15, -0.1) is 0 Å². The van der Waals surface area contributed by atoms with Crippen LogP contribution in [0.3, 0.4) is 0 Å². The van der Waals surface area contributed by atoms with E-state index in [1.54, 1.807) is 12.1 Å². The fourth-order valence-electron chi connectivity index (χ4n) is 1.84. The third-order valence-electron chi connectivity index (χ3n) is 2.60. The molecule has 2 rings (SSSR count). The lowest BCUT2D eigenvalue weighted by Gasteiger charge is -1.98. The van der Waals surface area contributed by atoms with Gasteiger partial charge in [-0.1, -0.05) is 23.8 Å². The van der Waals surface area contributed by atoms with E-state index >= 15 is 0 Å². The molecule has 0 radical (unpaired) electrons. The lowest BCUT2D eigenvalue weighted by Crippen LogP contribution is -2.13. The number of benzene rings is 1. The topological polar surface area (TPSA) is 26.0 Å². The van der Waals surface area contributed by atoms with E-state index in [0.29, 0.717) is 6.04 Å². The molecular weight excluding hydrogens is 177 g/mol. The molecule has 0 saturated heterocycles. The Morgan fingerprint density at radius 3 is 2.57 bits per heavy atom. The molecule has 0 aliphatic heterocycles. The van der Waals surface area contributed by atoms with Gasteiger partial charge in [-0.25, -0.2) is 4.39 Å². The minimum atomic E-state index is -0.185. The molecule has 1 aromatic rings. The number of rotatable bonds is 1. The second-order valence-corrected chi connectivity index (χ2v) is 3.86. The van der Waals surface area contributed by atoms with Crippen molar-refractivity contribution in [2.45, 2.75) is 25.3 Å². The molecule has 1 fully saturated rings. The van der Waals surface area contributed by atoms with Crippen molar-refractivity contribution in [1.29, 1.82) is 0 Å². The van der Waals surface area contributed by atoms with Gasteiger partial charge in [0.05, 0.1) is 0 Å². The van der Waals surface area contributed by atoms with E-state index in [1.165, 1.54) is 17.7 Å². The highest BCUT2D eigenvalue weighted by atomic mass is 19.1. The summed E-state index contributed by atoms with van der Waals surface area (Å²) in [4.78, 5) is 0. The fourth-order valence-corrected chi connectivity index (χ4v) is 1.84. The normalized spacial score (nSPS) is 24.4. The summed E-state index contributed by atoms with van der Waals surface area (Å²) in [5, 5.41) is 0. The first-order valence-corrected chi connectivity index (χ1v) is 4.94. The predicted octanol–water partition coefficient (Wildman–Crippen LogP) is 2.72. The summed E-state index contributed by atoms with van der Waals surface area (Å²) in [7, 11) is 0. The Morgan fingerprint density at radius 1 is 1.29 bits per heavy atom. The molecule has 0 heterocycles. The first-order chi connectivity index (χ1) is 6.74. The molecule has 1 saturated carbocycles. The maximum atomic E-state index is 12.6. The largest absolute Gasteiger partial charge is 0.327 e. The summed E-state index contributed by atoms with van der Waals surface area (Å²) in [6, 6.07) is 6.89. The van der Waals surface area contributed by atoms with Crippen molar-refractivity contribution in [2.24, 2.45) is 5.73 Å². The Bertz CT molecular complexity index is 340. The molecule has 14 heavy (non-hydrogen) atoms. The van der Waals surface area contributed by atoms with Crippen molar-refractivity contribution in [2.75, 3.05) is 0 Å². The highest BCUT2D eigenvalue weighted by Gasteiger charge is 2.14. The van der Waals surface area contributed by atoms with E-state index < -0.39 is 0 Å². The average molecular weight is 191 g/mol. The van der Waals surface area contributed by atoms with Gasteiger partial charge in [0.2, 0.25) is 0 Å². The van der Waals surface area contributed by atoms with Crippen LogP contribution in [-0.4, -0.2) is 6.04 Å². The van der Waals surface area contributed by atoms with Crippen molar-refractivity contribution in [1.82, 2.24) is 0 Å². The summed E-state index contributed by atoms with van der Waals surface area (Å²) >= 11 is 0. The SMILES string of the molecule is NC1CCC(=Cc2ccc(F)cc2)C1. The lowest BCUT2D eigenvalue weighted by molar-refractivity contribution is 0.627. The fraction of sp³-hybridized carbons (Fsp3) is 0.333. The quantitative estimate of drug-likeness (QED) is 0.725. The molecule has 0 aromatic heterocycles. The number of hydrogen-bond donors (Lipinski definition) is 1. The van der Waals surface area contributed by atoms with E-state index in [2.05, 4.69) is 6.08 Å². The number of hydrogen-bond acceptors (Lipinski definition) is 1. The highest BCUT2D eigenvalue weighted by Crippen LogP contribution is 2.25. The summed E-state index contributed by atoms with van der Waals surface area (Å²) in [6.45, 7) is 0. The molecular formula is C12H14FN. The third-order valence-corrected chi connectivity index (χ3v) is 2.60. The molecule has 0 spiro atoms. The maximum Gasteiger partial charge on any atom is 0.123 e. The Hall–Kier alpha value is -1.15. The zero-order chi connectivity index (χ0) is 9.97. The van der Waals surface area contributed by atoms with Gasteiger partial charge >= 0.3 is 0 Å². The van der Waals surface area contributed by atoms with E-state index in [1.807, 2.05) is 0 Å². The molecule has 0 amide bonds. The molecule has 1 nitrogen and oxygen atoms in total. The molecule has 2 heteroatoms. The first kappa shape index (κ1) is 9.41. The van der Waals surface area contributed by atoms with Crippen LogP contribution in [0, 0.1) is 5.82 Å². The standard InChI is InChI=1S/C12H14FN/c13-11-4-1-9(2-5-11)7-10-3-6-12(14)8-10/h1-2,4-5,7,12H,3,6,8,14H2. The molecule has 2 N–H and O–H groups in total. The Balaban J connectivity index is 2.13. The van der Waals surface area contributed by atoms with Crippen LogP contribution in [0.25, 0.3) is 6.08 Å². The van der Waals surface area contributed by atoms with Gasteiger partial charge in [0.15, 0.2) is 0 Å². The molecule has 1 aromatic carbocycles. The minimum absolute atomic E-state index is 0.185. The van der Waals surface area contributed by atoms with Gasteiger partial charge in [0.1, 0.15) is 5.82 Å². The summed E-state index contributed by atoms with van der Waals surface area (Å²) in [5.74, 6) is -0.185. The third kappa shape index (κ3) is 2.20. The molecule has 74 valence electrons. The molecule has 0 bridgehead atoms. The summed E-state index contributed by atoms with van der Waals surface area (Å²) < 4.78 is 12.6. The molecule has 1 atom stereocenters. The van der Waals surface area contributed by atoms with Gasteiger partial charge in [-0.2, -0.15) is 0 Å². The maximum absolute atomic E-state index is 12.6. The van der Waals surface area contributed by atoms with Gasteiger partial charge in [-0.3, -0.25) is 0 Å². The van der Waals surface area contributed by atoms with E-state index in [-0.39, 0.29) is 5.82 Å². The molecule has 1 aliphatic rings. The molecule has 1 aliphatic carbocycles. The lowest BCUT2D eigenvalue weighted by atomic mass is 10.1. The van der Waals surface area contributed by atoms with Crippen LogP contribution in [0.1, 0.15) is 24.8 Å². The smallest absolute Gasteiger partial charge is 0.123 e. The van der Waals surface area contributed by atoms with Crippen LogP contribution in [0.4, 0.5) is 4.39 Å². The Morgan fingerprint density at radius 2 is 2.00 bits per heavy atom. The zero-order valence-electron chi connectivity index (χ0n) is 8.04. The predicted molar refractivity (Wildman–Crippen MR) is 56.2 cm³/mol. The van der Waals surface area contributed by atoms with Crippen LogP contribution < -0.4 is 5.73 Å². The zero-order valence-corrected chi connectivity index (χ0v) is 8.04. The summed E-state index contributed by atoms with van der Waals surface area (Å²) in [5.41, 5.74) is 8.25. The first-order valence-electron chi connectivity index (χ1n) is 4.94. The van der Waals surface area contributed by atoms with Crippen LogP contribution in [0.15, 0.2) is 29.8 Å². The number of nitrogens with two attached hydrogens (primary N) is 1. The Kier molecular flexibility index (Phi) is 2.64. The van der Waals surface area contributed by atoms with Crippen LogP contribution in [0.2, 0.25) is 0 Å². The van der Waals surface area contributed by atoms with Crippen molar-refractivity contribution >= 4 is 6.08 Å². The van der Waals surface area contributed by atoms with Crippen molar-refractivity contribution in [3.63, 3.8) is 0 Å². The van der Waals surface area contributed by atoms with Gasteiger partial charge in [-0.05, 0) is 37.0 Å². The van der Waals surface area contributed by atoms with Crippen LogP contribution in [-0.2, 0) is 0 Å². The highest BCUT2D eigenvalue weighted by molar-refractivity contribution is 5.53. The van der Waals surface area contributed by atoms with Crippen LogP contribution >= 0.6 is 0 Å². The minimum Gasteiger partial charge on any atom is -0.327 e. The van der Waals surface area contributed by atoms with Crippen molar-refractivity contribution < 1.29 is 4.39 Å². The van der Waals surface area contributed by atoms with E-state index in [0.717, 1.165) is 24.8 Å². The monoisotopic (exact) mass is 191 g/mol. The van der Waals surface area contributed by atoms with Crippen LogP contribution in [0.5, 0.6) is 0 Å². The van der Waals surface area contributed by atoms with Gasteiger partial charge in [0, 0.05) is 6.04 Å². The average Bonchev–Trinajstić information content (AvgIpc) is 2.56. The molecule has 1 unspecified atom stereocenters. The van der Waals surface area contributed by atoms with E-state index in [4.69, 9.17) is 5.73 Å². The Labute approximate surface area is 83.4 Å². The van der Waals surface area contributed by atoms with Gasteiger partial charge < -0.3 is 5.73 Å². The number of halogens is 1. The summed E-state index contributed by atoms with van der Waals surface area (Å²) in [6.07, 6.45) is 5.26. The van der Waals surface area contributed by atoms with Gasteiger partial charge in [0.25, 0.3) is 0 Å². The van der Waals surface area contributed by atoms with Crippen molar-refractivity contribution in [3.8, 4) is 0 Å². The van der Waals surface area contributed by atoms with Crippen molar-refractivity contribution in [3.05, 3.63) is 41.2 Å².